The fourth-order valence-corrected chi connectivity index (χ4v) is 4.04. The smallest absolute Gasteiger partial charge is 0.202 e. The van der Waals surface area contributed by atoms with E-state index in [9.17, 15) is 0 Å². The zero-order valence-corrected chi connectivity index (χ0v) is 25.7. The molecule has 18 heteroatoms. The number of aromatic nitrogens is 3. The predicted molar refractivity (Wildman–Crippen MR) is 179 cm³/mol. The lowest BCUT2D eigenvalue weighted by atomic mass is 10.3. The van der Waals surface area contributed by atoms with Crippen molar-refractivity contribution < 1.29 is 0 Å². The molecule has 0 spiro atoms. The van der Waals surface area contributed by atoms with Crippen molar-refractivity contribution in [1.82, 2.24) is 45.6 Å². The van der Waals surface area contributed by atoms with E-state index in [-0.39, 0.29) is 35.8 Å². The highest BCUT2D eigenvalue weighted by atomic mass is 15.4. The van der Waals surface area contributed by atoms with Crippen molar-refractivity contribution in [3.05, 3.63) is 59.9 Å². The Hall–Kier alpha value is -5.94. The van der Waals surface area contributed by atoms with Gasteiger partial charge >= 0.3 is 0 Å². The first-order valence-electron chi connectivity index (χ1n) is 14.1. The van der Waals surface area contributed by atoms with Gasteiger partial charge in [0.15, 0.2) is 29.8 Å². The van der Waals surface area contributed by atoms with Gasteiger partial charge in [-0.05, 0) is 24.3 Å². The van der Waals surface area contributed by atoms with Crippen molar-refractivity contribution >= 4 is 47.1 Å². The number of H-pyrrole nitrogens is 3. The minimum absolute atomic E-state index is 0.0155. The number of rotatable bonds is 11. The maximum Gasteiger partial charge on any atom is 0.202 e. The summed E-state index contributed by atoms with van der Waals surface area (Å²) in [5, 5.41) is 62.7. The van der Waals surface area contributed by atoms with Crippen LogP contribution in [-0.4, -0.2) is 106 Å². The van der Waals surface area contributed by atoms with Crippen molar-refractivity contribution in [2.24, 2.45) is 5.73 Å². The first kappa shape index (κ1) is 33.6. The van der Waals surface area contributed by atoms with Gasteiger partial charge in [0, 0.05) is 95.7 Å². The molecule has 0 amide bonds. The van der Waals surface area contributed by atoms with Crippen molar-refractivity contribution in [3.8, 4) is 0 Å². The van der Waals surface area contributed by atoms with E-state index in [0.29, 0.717) is 43.9 Å². The summed E-state index contributed by atoms with van der Waals surface area (Å²) in [6.45, 7) is 1.53. The molecule has 0 aliphatic heterocycles. The van der Waals surface area contributed by atoms with Crippen LogP contribution >= 0.6 is 0 Å². The summed E-state index contributed by atoms with van der Waals surface area (Å²) in [5.41, 5.74) is 9.63. The summed E-state index contributed by atoms with van der Waals surface area (Å²) in [5.74, 6) is -0.0266. The average Bonchev–Trinajstić information content (AvgIpc) is 3.78. The Morgan fingerprint density at radius 3 is 2.00 bits per heavy atom. The third kappa shape index (κ3) is 10.7. The van der Waals surface area contributed by atoms with Gasteiger partial charge in [0.2, 0.25) is 5.96 Å². The van der Waals surface area contributed by atoms with Crippen LogP contribution in [0, 0.1) is 32.5 Å². The Morgan fingerprint density at radius 1 is 0.733 bits per heavy atom. The third-order valence-corrected chi connectivity index (χ3v) is 6.74. The van der Waals surface area contributed by atoms with E-state index in [1.807, 2.05) is 30.5 Å². The van der Waals surface area contributed by atoms with Crippen molar-refractivity contribution in [3.63, 3.8) is 0 Å². The number of likely N-dealkylation sites (N-methyl/N-ethyl adjacent to an activating group) is 1. The molecule has 3 rings (SSSR count). The monoisotopic (exact) mass is 620 g/mol. The summed E-state index contributed by atoms with van der Waals surface area (Å²) >= 11 is 0. The van der Waals surface area contributed by atoms with Crippen LogP contribution in [0.4, 0.5) is 11.4 Å². The lowest BCUT2D eigenvalue weighted by Crippen LogP contribution is -2.46. The van der Waals surface area contributed by atoms with Crippen LogP contribution in [0.15, 0.2) is 42.9 Å². The molecule has 3 heterocycles. The normalized spacial score (nSPS) is 10.4. The molecular formula is C27H44N18. The quantitative estimate of drug-likeness (QED) is 0.106. The molecule has 3 aromatic heterocycles. The van der Waals surface area contributed by atoms with Gasteiger partial charge in [-0.25, -0.2) is 0 Å². The van der Waals surface area contributed by atoms with E-state index in [2.05, 4.69) is 41.5 Å². The van der Waals surface area contributed by atoms with E-state index in [1.54, 1.807) is 38.4 Å². The number of hydrogen-bond acceptors (Lipinski definition) is 6. The minimum Gasteiger partial charge on any atom is -0.370 e. The van der Waals surface area contributed by atoms with Gasteiger partial charge in [0.05, 0.1) is 11.4 Å². The number of nitrogens with two attached hydrogens (primary N) is 1. The molecule has 0 aliphatic rings. The van der Waals surface area contributed by atoms with Crippen molar-refractivity contribution in [1.29, 1.82) is 32.5 Å². The molecule has 242 valence electrons. The second kappa shape index (κ2) is 16.1. The zero-order chi connectivity index (χ0) is 32.9. The minimum atomic E-state index is -0.204. The van der Waals surface area contributed by atoms with Crippen LogP contribution < -0.4 is 32.3 Å². The lowest BCUT2D eigenvalue weighted by molar-refractivity contribution is 0.447. The van der Waals surface area contributed by atoms with Gasteiger partial charge in [-0.1, -0.05) is 0 Å². The summed E-state index contributed by atoms with van der Waals surface area (Å²) in [7, 11) is 4.94. The Morgan fingerprint density at radius 2 is 1.36 bits per heavy atom. The molecule has 0 fully saturated rings. The van der Waals surface area contributed by atoms with Gasteiger partial charge in [0.1, 0.15) is 0 Å². The fourth-order valence-electron chi connectivity index (χ4n) is 4.04. The number of guanidine groups is 6. The number of nitrogens with zero attached hydrogens (tertiary/aromatic N) is 3. The van der Waals surface area contributed by atoms with Crippen molar-refractivity contribution in [2.45, 2.75) is 19.3 Å². The average molecular weight is 621 g/mol. The Labute approximate surface area is 261 Å². The highest BCUT2D eigenvalue weighted by Crippen LogP contribution is 2.12. The van der Waals surface area contributed by atoms with Gasteiger partial charge in [-0.15, -0.1) is 0 Å². The summed E-state index contributed by atoms with van der Waals surface area (Å²) in [6.07, 6.45) is 7.23. The molecule has 0 aliphatic carbocycles. The molecule has 0 atom stereocenters. The standard InChI is InChI=1S/C27H44N18/c1-43(27(34)44(2)22(28)29)12-8-19-14-21(16-39-19)41-26(33)45(3)25(32)37-11-7-18-13-20(15-38-18)40-24(31)42-23(30)36-10-6-17-5-4-9-35-17/h4-5,9,13-16,34-35,38-39H,6-8,10-12H2,1-3H3,(H3,28,29)(H2,32,37)(H2,33,41)(H5,30,31,36,40,42). The summed E-state index contributed by atoms with van der Waals surface area (Å²) in [6, 6.07) is 7.61. The number of nitrogens with one attached hydrogen (secondary N) is 14. The summed E-state index contributed by atoms with van der Waals surface area (Å²) < 4.78 is 0. The Balaban J connectivity index is 1.33. The molecule has 18 nitrogen and oxygen atoms in total. The molecule has 0 saturated carbocycles. The highest BCUT2D eigenvalue weighted by molar-refractivity contribution is 6.03. The maximum absolute atomic E-state index is 8.36. The van der Waals surface area contributed by atoms with Gasteiger partial charge in [-0.3, -0.25) is 47.6 Å². The topological polar surface area (TPSA) is 286 Å². The SMILES string of the molecule is CN(CCc1cc(NC(=N)N(C)C(=N)NCCc2cc(NC(=N)NC(=N)NCCc3ccc[nH]3)c[nH]2)c[nH]1)C(=N)N(C)C(=N)N. The molecule has 45 heavy (non-hydrogen) atoms. The molecule has 0 saturated heterocycles. The van der Waals surface area contributed by atoms with Crippen LogP contribution in [0.1, 0.15) is 17.1 Å². The zero-order valence-electron chi connectivity index (χ0n) is 25.7. The molecular weight excluding hydrogens is 576 g/mol. The van der Waals surface area contributed by atoms with Gasteiger partial charge < -0.3 is 46.9 Å². The molecule has 3 aromatic rings. The number of hydrogen-bond donors (Lipinski definition) is 15. The maximum atomic E-state index is 8.36. The predicted octanol–water partition coefficient (Wildman–Crippen LogP) is 0.654. The molecule has 16 N–H and O–H groups in total. The van der Waals surface area contributed by atoms with Crippen LogP contribution in [0.5, 0.6) is 0 Å². The van der Waals surface area contributed by atoms with E-state index in [4.69, 9.17) is 38.2 Å². The fraction of sp³-hybridized carbons (Fsp3) is 0.333. The number of aromatic amines is 3. The Bertz CT molecular complexity index is 1460. The first-order chi connectivity index (χ1) is 21.4. The van der Waals surface area contributed by atoms with Crippen LogP contribution in [0.3, 0.4) is 0 Å². The van der Waals surface area contributed by atoms with Crippen LogP contribution in [-0.2, 0) is 19.3 Å². The van der Waals surface area contributed by atoms with E-state index < -0.39 is 0 Å². The van der Waals surface area contributed by atoms with Gasteiger partial charge in [-0.2, -0.15) is 0 Å². The van der Waals surface area contributed by atoms with E-state index in [0.717, 1.165) is 23.5 Å². The molecule has 0 radical (unpaired) electrons. The second-order valence-corrected chi connectivity index (χ2v) is 10.2. The Kier molecular flexibility index (Phi) is 12.0. The molecule has 0 unspecified atom stereocenters. The first-order valence-corrected chi connectivity index (χ1v) is 14.1. The highest BCUT2D eigenvalue weighted by Gasteiger charge is 2.14. The second-order valence-electron chi connectivity index (χ2n) is 10.2. The van der Waals surface area contributed by atoms with Crippen LogP contribution in [0.25, 0.3) is 0 Å². The van der Waals surface area contributed by atoms with Crippen LogP contribution in [0.2, 0.25) is 0 Å². The largest absolute Gasteiger partial charge is 0.370 e. The number of anilines is 2. The van der Waals surface area contributed by atoms with E-state index in [1.165, 1.54) is 9.80 Å². The van der Waals surface area contributed by atoms with E-state index >= 15 is 0 Å². The molecule has 0 bridgehead atoms. The van der Waals surface area contributed by atoms with Crippen molar-refractivity contribution in [2.75, 3.05) is 51.4 Å². The lowest BCUT2D eigenvalue weighted by Gasteiger charge is -2.26. The molecule has 0 aromatic carbocycles. The summed E-state index contributed by atoms with van der Waals surface area (Å²) in [4.78, 5) is 13.7. The third-order valence-electron chi connectivity index (χ3n) is 6.74. The van der Waals surface area contributed by atoms with Gasteiger partial charge in [0.25, 0.3) is 0 Å².